The summed E-state index contributed by atoms with van der Waals surface area (Å²) in [5.41, 5.74) is 2.42. The monoisotopic (exact) mass is 450 g/mol. The molecule has 7 heteroatoms. The third kappa shape index (κ3) is 3.36. The Kier molecular flexibility index (Phi) is 5.19. The highest BCUT2D eigenvalue weighted by atomic mass is 79.9. The number of rotatable bonds is 3. The summed E-state index contributed by atoms with van der Waals surface area (Å²) < 4.78 is 1.08. The number of hydrogen-bond acceptors (Lipinski definition) is 5. The van der Waals surface area contributed by atoms with E-state index in [-0.39, 0.29) is 0 Å². The number of piperazine rings is 1. The van der Waals surface area contributed by atoms with Crippen molar-refractivity contribution in [1.82, 2.24) is 14.9 Å². The normalized spacial score (nSPS) is 15.8. The van der Waals surface area contributed by atoms with E-state index < -0.39 is 0 Å². The van der Waals surface area contributed by atoms with Crippen LogP contribution in [0.5, 0.6) is 0 Å². The van der Waals surface area contributed by atoms with Crippen LogP contribution in [0.1, 0.15) is 11.8 Å². The van der Waals surface area contributed by atoms with Crippen LogP contribution in [0.4, 0.5) is 5.82 Å². The van der Waals surface area contributed by atoms with Gasteiger partial charge in [0.1, 0.15) is 10.6 Å². The number of hydrogen-bond donors (Lipinski definition) is 0. The first-order valence-corrected chi connectivity index (χ1v) is 10.8. The lowest BCUT2D eigenvalue weighted by Gasteiger charge is -2.35. The van der Waals surface area contributed by atoms with Gasteiger partial charge >= 0.3 is 0 Å². The van der Waals surface area contributed by atoms with Crippen LogP contribution in [0.2, 0.25) is 5.28 Å². The summed E-state index contributed by atoms with van der Waals surface area (Å²) in [6.45, 7) is 9.48. The zero-order valence-corrected chi connectivity index (χ0v) is 18.0. The van der Waals surface area contributed by atoms with Crippen LogP contribution in [-0.2, 0) is 0 Å². The fourth-order valence-corrected chi connectivity index (χ4v) is 5.06. The van der Waals surface area contributed by atoms with Gasteiger partial charge in [-0.15, -0.1) is 11.3 Å². The fourth-order valence-electron chi connectivity index (χ4n) is 3.54. The maximum absolute atomic E-state index is 6.27. The molecule has 0 unspecified atom stereocenters. The molecule has 1 saturated heterocycles. The van der Waals surface area contributed by atoms with Crippen LogP contribution in [0.15, 0.2) is 28.7 Å². The van der Waals surface area contributed by atoms with E-state index in [1.165, 1.54) is 16.0 Å². The van der Waals surface area contributed by atoms with Crippen molar-refractivity contribution >= 4 is 54.9 Å². The second-order valence-corrected chi connectivity index (χ2v) is 8.91. The topological polar surface area (TPSA) is 32.3 Å². The van der Waals surface area contributed by atoms with E-state index in [0.29, 0.717) is 5.28 Å². The van der Waals surface area contributed by atoms with Gasteiger partial charge in [-0.25, -0.2) is 4.98 Å². The molecule has 136 valence electrons. The molecule has 2 aromatic heterocycles. The third-order valence-corrected chi connectivity index (χ3v) is 6.63. The fraction of sp³-hybridized carbons (Fsp3) is 0.368. The molecule has 0 bridgehead atoms. The summed E-state index contributed by atoms with van der Waals surface area (Å²) in [7, 11) is 0. The molecule has 1 aliphatic heterocycles. The summed E-state index contributed by atoms with van der Waals surface area (Å²) in [5.74, 6) is 0.970. The van der Waals surface area contributed by atoms with Gasteiger partial charge in [0, 0.05) is 41.1 Å². The van der Waals surface area contributed by atoms with Crippen molar-refractivity contribution in [3.05, 3.63) is 38.9 Å². The highest BCUT2D eigenvalue weighted by Crippen LogP contribution is 2.42. The summed E-state index contributed by atoms with van der Waals surface area (Å²) in [6.07, 6.45) is 0. The zero-order chi connectivity index (χ0) is 18.3. The molecule has 0 saturated carbocycles. The van der Waals surface area contributed by atoms with E-state index in [0.717, 1.165) is 53.2 Å². The molecule has 0 radical (unpaired) electrons. The number of anilines is 1. The molecule has 0 spiro atoms. The summed E-state index contributed by atoms with van der Waals surface area (Å²) in [5, 5.41) is 1.46. The van der Waals surface area contributed by atoms with Gasteiger partial charge in [0.05, 0.1) is 5.39 Å². The molecular weight excluding hydrogens is 432 g/mol. The Balaban J connectivity index is 1.86. The zero-order valence-electron chi connectivity index (χ0n) is 14.8. The average molecular weight is 452 g/mol. The third-order valence-electron chi connectivity index (χ3n) is 4.93. The van der Waals surface area contributed by atoms with E-state index in [1.807, 2.05) is 0 Å². The minimum Gasteiger partial charge on any atom is -0.353 e. The number of halogens is 2. The van der Waals surface area contributed by atoms with Crippen LogP contribution < -0.4 is 4.90 Å². The summed E-state index contributed by atoms with van der Waals surface area (Å²) in [6, 6.07) is 8.45. The molecular formula is C19H20BrClN4S. The number of aryl methyl sites for hydroxylation is 1. The Hall–Kier alpha value is -1.21. The SMILES string of the molecule is CCN1CCN(c2nc(Cl)nc3sc(C)c(-c4ccc(Br)cc4)c23)CC1. The van der Waals surface area contributed by atoms with Crippen LogP contribution in [0.25, 0.3) is 21.3 Å². The smallest absolute Gasteiger partial charge is 0.225 e. The van der Waals surface area contributed by atoms with Gasteiger partial charge in [-0.3, -0.25) is 0 Å². The molecule has 1 aliphatic rings. The quantitative estimate of drug-likeness (QED) is 0.511. The van der Waals surface area contributed by atoms with Gasteiger partial charge in [-0.1, -0.05) is 35.0 Å². The minimum absolute atomic E-state index is 0.328. The van der Waals surface area contributed by atoms with E-state index in [9.17, 15) is 0 Å². The van der Waals surface area contributed by atoms with Crippen molar-refractivity contribution in [2.45, 2.75) is 13.8 Å². The molecule has 26 heavy (non-hydrogen) atoms. The van der Waals surface area contributed by atoms with Gasteiger partial charge in [0.2, 0.25) is 5.28 Å². The molecule has 0 atom stereocenters. The summed E-state index contributed by atoms with van der Waals surface area (Å²) >= 11 is 11.5. The van der Waals surface area contributed by atoms with Crippen molar-refractivity contribution < 1.29 is 0 Å². The first kappa shape index (κ1) is 18.2. The van der Waals surface area contributed by atoms with Crippen molar-refractivity contribution in [2.75, 3.05) is 37.6 Å². The highest BCUT2D eigenvalue weighted by Gasteiger charge is 2.24. The Morgan fingerprint density at radius 1 is 1.12 bits per heavy atom. The number of benzene rings is 1. The van der Waals surface area contributed by atoms with Gasteiger partial charge in [0.15, 0.2) is 0 Å². The Morgan fingerprint density at radius 2 is 1.81 bits per heavy atom. The molecule has 4 nitrogen and oxygen atoms in total. The lowest BCUT2D eigenvalue weighted by molar-refractivity contribution is 0.271. The Morgan fingerprint density at radius 3 is 2.46 bits per heavy atom. The minimum atomic E-state index is 0.328. The largest absolute Gasteiger partial charge is 0.353 e. The second kappa shape index (κ2) is 7.43. The molecule has 3 aromatic rings. The van der Waals surface area contributed by atoms with Crippen LogP contribution in [-0.4, -0.2) is 47.6 Å². The van der Waals surface area contributed by atoms with Crippen molar-refractivity contribution in [2.24, 2.45) is 0 Å². The van der Waals surface area contributed by atoms with E-state index in [2.05, 4.69) is 73.8 Å². The number of fused-ring (bicyclic) bond motifs is 1. The van der Waals surface area contributed by atoms with Crippen LogP contribution in [0.3, 0.4) is 0 Å². The molecule has 1 aromatic carbocycles. The first-order valence-electron chi connectivity index (χ1n) is 8.76. The average Bonchev–Trinajstić information content (AvgIpc) is 2.97. The summed E-state index contributed by atoms with van der Waals surface area (Å²) in [4.78, 5) is 16.2. The molecule has 0 amide bonds. The second-order valence-electron chi connectivity index (χ2n) is 6.46. The molecule has 0 aliphatic carbocycles. The maximum Gasteiger partial charge on any atom is 0.225 e. The number of thiophene rings is 1. The molecule has 1 fully saturated rings. The predicted molar refractivity (Wildman–Crippen MR) is 115 cm³/mol. The lowest BCUT2D eigenvalue weighted by Crippen LogP contribution is -2.46. The van der Waals surface area contributed by atoms with E-state index in [1.54, 1.807) is 11.3 Å². The lowest BCUT2D eigenvalue weighted by atomic mass is 10.0. The van der Waals surface area contributed by atoms with Gasteiger partial charge < -0.3 is 9.80 Å². The van der Waals surface area contributed by atoms with E-state index >= 15 is 0 Å². The Labute approximate surface area is 170 Å². The van der Waals surface area contributed by atoms with Gasteiger partial charge in [-0.05, 0) is 42.8 Å². The predicted octanol–water partition coefficient (Wildman–Crippen LogP) is 5.22. The Bertz CT molecular complexity index is 933. The maximum atomic E-state index is 6.27. The van der Waals surface area contributed by atoms with Crippen LogP contribution in [0, 0.1) is 6.92 Å². The van der Waals surface area contributed by atoms with Gasteiger partial charge in [-0.2, -0.15) is 4.98 Å². The standard InChI is InChI=1S/C19H20BrClN4S/c1-3-24-8-10-25(11-9-24)17-16-15(13-4-6-14(20)7-5-13)12(2)26-18(16)23-19(21)22-17/h4-7H,3,8-11H2,1-2H3. The highest BCUT2D eigenvalue weighted by molar-refractivity contribution is 9.10. The molecule has 3 heterocycles. The first-order chi connectivity index (χ1) is 12.6. The van der Waals surface area contributed by atoms with Crippen molar-refractivity contribution in [1.29, 1.82) is 0 Å². The molecule has 4 rings (SSSR count). The van der Waals surface area contributed by atoms with Crippen molar-refractivity contribution in [3.8, 4) is 11.1 Å². The number of aromatic nitrogens is 2. The van der Waals surface area contributed by atoms with Gasteiger partial charge in [0.25, 0.3) is 0 Å². The number of likely N-dealkylation sites (N-methyl/N-ethyl adjacent to an activating group) is 1. The van der Waals surface area contributed by atoms with Crippen LogP contribution >= 0.6 is 38.9 Å². The van der Waals surface area contributed by atoms with Crippen molar-refractivity contribution in [3.63, 3.8) is 0 Å². The molecule has 0 N–H and O–H groups in total. The number of nitrogens with zero attached hydrogens (tertiary/aromatic N) is 4. The van der Waals surface area contributed by atoms with E-state index in [4.69, 9.17) is 11.6 Å².